The van der Waals surface area contributed by atoms with Gasteiger partial charge in [-0.25, -0.2) is 4.98 Å². The van der Waals surface area contributed by atoms with Gasteiger partial charge in [-0.05, 0) is 81.1 Å². The number of pyridine rings is 1. The minimum atomic E-state index is -0.209. The van der Waals surface area contributed by atoms with Crippen molar-refractivity contribution >= 4 is 22.4 Å². The predicted octanol–water partition coefficient (Wildman–Crippen LogP) is 5.78. The van der Waals surface area contributed by atoms with Crippen LogP contribution in [0.2, 0.25) is 0 Å². The Morgan fingerprint density at radius 3 is 2.47 bits per heavy atom. The lowest BCUT2D eigenvalue weighted by Crippen LogP contribution is -2.24. The number of nitrogens with one attached hydrogen (secondary N) is 1. The largest absolute Gasteiger partial charge is 0.393 e. The quantitative estimate of drug-likeness (QED) is 0.323. The van der Waals surface area contributed by atoms with Crippen LogP contribution in [0.1, 0.15) is 31.4 Å². The predicted molar refractivity (Wildman–Crippen MR) is 144 cm³/mol. The summed E-state index contributed by atoms with van der Waals surface area (Å²) in [6.45, 7) is 2.00. The first-order valence-electron chi connectivity index (χ1n) is 12.6. The monoisotopic (exact) mass is 475 g/mol. The Kier molecular flexibility index (Phi) is 5.95. The molecule has 0 spiro atoms. The van der Waals surface area contributed by atoms with Crippen molar-refractivity contribution < 1.29 is 5.11 Å². The van der Waals surface area contributed by atoms with Gasteiger partial charge in [-0.1, -0.05) is 30.3 Å². The number of nitrogens with zero attached hydrogens (tertiary/aromatic N) is 4. The van der Waals surface area contributed by atoms with Crippen LogP contribution in [0.15, 0.2) is 90.1 Å². The molecule has 1 aromatic heterocycles. The second kappa shape index (κ2) is 9.55. The average molecular weight is 476 g/mol. The third kappa shape index (κ3) is 4.36. The highest BCUT2D eigenvalue weighted by Gasteiger charge is 2.20. The van der Waals surface area contributed by atoms with Crippen LogP contribution in [0.25, 0.3) is 28.1 Å². The molecule has 6 nitrogen and oxygen atoms in total. The molecule has 2 aromatic carbocycles. The molecule has 2 N–H and O–H groups in total. The maximum absolute atomic E-state index is 10.0. The third-order valence-electron chi connectivity index (χ3n) is 6.98. The Balaban J connectivity index is 1.61. The van der Waals surface area contributed by atoms with Crippen molar-refractivity contribution in [1.29, 1.82) is 0 Å². The van der Waals surface area contributed by atoms with Crippen molar-refractivity contribution in [2.24, 2.45) is 4.99 Å². The zero-order valence-corrected chi connectivity index (χ0v) is 20.3. The molecule has 1 saturated carbocycles. The van der Waals surface area contributed by atoms with Gasteiger partial charge < -0.3 is 15.0 Å². The number of aliphatic hydroxyl groups is 1. The number of aryl methyl sites for hydroxylation is 1. The molecule has 1 aliphatic heterocycles. The van der Waals surface area contributed by atoms with Crippen LogP contribution < -0.4 is 10.7 Å². The van der Waals surface area contributed by atoms with Gasteiger partial charge in [0.1, 0.15) is 0 Å². The van der Waals surface area contributed by atoms with E-state index in [0.29, 0.717) is 0 Å². The number of hydrogen-bond donors (Lipinski definition) is 2. The molecular formula is C30H29N5O. The lowest BCUT2D eigenvalue weighted by atomic mass is 9.93. The van der Waals surface area contributed by atoms with Gasteiger partial charge in [-0.3, -0.25) is 9.98 Å². The number of fused-ring (bicyclic) bond motifs is 2. The summed E-state index contributed by atoms with van der Waals surface area (Å²) in [4.78, 5) is 14.7. The van der Waals surface area contributed by atoms with Crippen LogP contribution in [0, 0.1) is 6.92 Å². The summed E-state index contributed by atoms with van der Waals surface area (Å²) in [7, 11) is 0. The first kappa shape index (κ1) is 22.4. The highest BCUT2D eigenvalue weighted by atomic mass is 16.3. The molecule has 0 atom stereocenters. The van der Waals surface area contributed by atoms with E-state index in [-0.39, 0.29) is 12.1 Å². The molecule has 0 unspecified atom stereocenters. The lowest BCUT2D eigenvalue weighted by molar-refractivity contribution is 0.123. The Labute approximate surface area is 210 Å². The van der Waals surface area contributed by atoms with Crippen LogP contribution in [0.4, 0.5) is 11.4 Å². The van der Waals surface area contributed by atoms with E-state index in [1.807, 2.05) is 31.2 Å². The van der Waals surface area contributed by atoms with Crippen molar-refractivity contribution in [3.05, 3.63) is 96.1 Å². The smallest absolute Gasteiger partial charge is 0.0900 e. The van der Waals surface area contributed by atoms with Gasteiger partial charge in [-0.2, -0.15) is 0 Å². The molecule has 180 valence electrons. The lowest BCUT2D eigenvalue weighted by Gasteiger charge is -2.23. The minimum Gasteiger partial charge on any atom is -0.393 e. The fourth-order valence-electron chi connectivity index (χ4n) is 5.05. The molecule has 0 amide bonds. The molecule has 0 bridgehead atoms. The first-order valence-corrected chi connectivity index (χ1v) is 12.6. The number of aliphatic hydroxyl groups excluding tert-OH is 1. The van der Waals surface area contributed by atoms with Crippen LogP contribution in [-0.4, -0.2) is 31.8 Å². The van der Waals surface area contributed by atoms with E-state index in [9.17, 15) is 5.11 Å². The summed E-state index contributed by atoms with van der Waals surface area (Å²) in [5.41, 5.74) is 7.74. The maximum atomic E-state index is 10.0. The van der Waals surface area contributed by atoms with Gasteiger partial charge in [0, 0.05) is 11.9 Å². The van der Waals surface area contributed by atoms with Crippen LogP contribution >= 0.6 is 0 Å². The Morgan fingerprint density at radius 1 is 0.889 bits per heavy atom. The average Bonchev–Trinajstić information content (AvgIpc) is 2.91. The highest BCUT2D eigenvalue weighted by Crippen LogP contribution is 2.31. The summed E-state index contributed by atoms with van der Waals surface area (Å²) in [5.74, 6) is 0. The van der Waals surface area contributed by atoms with Gasteiger partial charge in [0.05, 0.1) is 57.0 Å². The number of anilines is 2. The van der Waals surface area contributed by atoms with E-state index in [1.165, 1.54) is 0 Å². The van der Waals surface area contributed by atoms with E-state index in [1.54, 1.807) is 6.20 Å². The van der Waals surface area contributed by atoms with Crippen molar-refractivity contribution in [2.75, 3.05) is 5.32 Å². The van der Waals surface area contributed by atoms with Gasteiger partial charge in [0.25, 0.3) is 0 Å². The van der Waals surface area contributed by atoms with E-state index < -0.39 is 0 Å². The SMILES string of the molecule is Cc1ncccc1Nc1cc2nc3ccccc3n(-c3ccccc3)c-2c/c1=N\C1CCC(O)CC1. The van der Waals surface area contributed by atoms with E-state index >= 15 is 0 Å². The number of aromatic nitrogens is 3. The fourth-order valence-corrected chi connectivity index (χ4v) is 5.05. The third-order valence-corrected chi connectivity index (χ3v) is 6.98. The second-order valence-electron chi connectivity index (χ2n) is 9.48. The molecule has 3 aromatic rings. The molecule has 6 heteroatoms. The van der Waals surface area contributed by atoms with Crippen LogP contribution in [-0.2, 0) is 0 Å². The molecular weight excluding hydrogens is 446 g/mol. The van der Waals surface area contributed by atoms with Crippen molar-refractivity contribution in [2.45, 2.75) is 44.8 Å². The summed E-state index contributed by atoms with van der Waals surface area (Å²) < 4.78 is 2.26. The Morgan fingerprint density at radius 2 is 1.67 bits per heavy atom. The van der Waals surface area contributed by atoms with Gasteiger partial charge >= 0.3 is 0 Å². The number of hydrogen-bond acceptors (Lipinski definition) is 5. The fraction of sp³-hybridized carbons (Fsp3) is 0.233. The van der Waals surface area contributed by atoms with Gasteiger partial charge in [0.15, 0.2) is 0 Å². The minimum absolute atomic E-state index is 0.181. The molecule has 2 heterocycles. The first-order chi connectivity index (χ1) is 17.7. The van der Waals surface area contributed by atoms with Crippen LogP contribution in [0.3, 0.4) is 0 Å². The Hall–Kier alpha value is -4.03. The van der Waals surface area contributed by atoms with E-state index in [4.69, 9.17) is 9.98 Å². The van der Waals surface area contributed by atoms with Gasteiger partial charge in [0.2, 0.25) is 0 Å². The zero-order chi connectivity index (χ0) is 24.5. The second-order valence-corrected chi connectivity index (χ2v) is 9.48. The molecule has 0 saturated heterocycles. The van der Waals surface area contributed by atoms with E-state index in [2.05, 4.69) is 69.5 Å². The summed E-state index contributed by atoms with van der Waals surface area (Å²) >= 11 is 0. The Bertz CT molecular complexity index is 1550. The number of para-hydroxylation sites is 3. The maximum Gasteiger partial charge on any atom is 0.0900 e. The summed E-state index contributed by atoms with van der Waals surface area (Å²) in [5, 5.41) is 14.5. The normalized spacial score (nSPS) is 18.6. The number of benzene rings is 3. The van der Waals surface area contributed by atoms with Crippen LogP contribution in [0.5, 0.6) is 0 Å². The standard InChI is InChI=1S/C30H29N5O/c1-20-24(11-7-17-31-20)33-26-18-28-30(19-27(26)32-21-13-15-23(36)16-14-21)35(22-8-3-2-4-9-22)29-12-6-5-10-25(29)34-28/h2-12,17-19,21,23,33,36H,13-16H2,1H3/b32-27+. The van der Waals surface area contributed by atoms with Gasteiger partial charge in [-0.15, -0.1) is 0 Å². The van der Waals surface area contributed by atoms with Crippen molar-refractivity contribution in [3.63, 3.8) is 0 Å². The molecule has 36 heavy (non-hydrogen) atoms. The highest BCUT2D eigenvalue weighted by molar-refractivity contribution is 5.84. The topological polar surface area (TPSA) is 75.3 Å². The molecule has 2 aliphatic carbocycles. The number of rotatable bonds is 4. The summed E-state index contributed by atoms with van der Waals surface area (Å²) in [6.07, 6.45) is 4.96. The molecule has 0 radical (unpaired) electrons. The molecule has 1 fully saturated rings. The zero-order valence-electron chi connectivity index (χ0n) is 20.3. The van der Waals surface area contributed by atoms with Crippen molar-refractivity contribution in [1.82, 2.24) is 14.5 Å². The molecule has 6 rings (SSSR count). The van der Waals surface area contributed by atoms with Crippen molar-refractivity contribution in [3.8, 4) is 17.1 Å². The van der Waals surface area contributed by atoms with E-state index in [0.717, 1.165) is 76.2 Å². The molecule has 3 aliphatic rings. The summed E-state index contributed by atoms with van der Waals surface area (Å²) in [6, 6.07) is 27.0.